The first-order valence-electron chi connectivity index (χ1n) is 4.11. The molecule has 0 spiro atoms. The van der Waals surface area contributed by atoms with E-state index in [1.807, 2.05) is 0 Å². The van der Waals surface area contributed by atoms with Crippen molar-refractivity contribution in [3.63, 3.8) is 0 Å². The molecule has 4 heteroatoms. The molecular formula is C10H10N2O2. The second-order valence-corrected chi connectivity index (χ2v) is 2.43. The van der Waals surface area contributed by atoms with Gasteiger partial charge in [0.15, 0.2) is 0 Å². The van der Waals surface area contributed by atoms with Crippen molar-refractivity contribution in [2.24, 2.45) is 0 Å². The summed E-state index contributed by atoms with van der Waals surface area (Å²) in [4.78, 5) is 14.9. The zero-order chi connectivity index (χ0) is 10.2. The van der Waals surface area contributed by atoms with Crippen LogP contribution in [0, 0.1) is 12.3 Å². The molecule has 14 heavy (non-hydrogen) atoms. The Labute approximate surface area is 82.3 Å². The molecule has 0 aliphatic heterocycles. The van der Waals surface area contributed by atoms with E-state index in [2.05, 4.69) is 16.2 Å². The van der Waals surface area contributed by atoms with Gasteiger partial charge in [0.05, 0.1) is 0 Å². The molecule has 1 aromatic heterocycles. The van der Waals surface area contributed by atoms with Gasteiger partial charge in [0.2, 0.25) is 0 Å². The predicted octanol–water partition coefficient (Wildman–Crippen LogP) is 1.65. The van der Waals surface area contributed by atoms with Gasteiger partial charge in [-0.2, -0.15) is 0 Å². The lowest BCUT2D eigenvalue weighted by Crippen LogP contribution is -2.14. The summed E-state index contributed by atoms with van der Waals surface area (Å²) >= 11 is 0. The van der Waals surface area contributed by atoms with Crippen LogP contribution in [-0.4, -0.2) is 17.7 Å². The minimum Gasteiger partial charge on any atom is -0.448 e. The molecule has 1 N–H and O–H groups in total. The number of hydrogen-bond donors (Lipinski definition) is 1. The Hall–Kier alpha value is -2.02. The lowest BCUT2D eigenvalue weighted by molar-refractivity contribution is 0.164. The first-order chi connectivity index (χ1) is 6.83. The first-order valence-corrected chi connectivity index (χ1v) is 4.11. The number of terminal acetylenes is 1. The molecule has 0 radical (unpaired) electrons. The van der Waals surface area contributed by atoms with Crippen LogP contribution in [0.1, 0.15) is 6.42 Å². The van der Waals surface area contributed by atoms with Gasteiger partial charge in [-0.3, -0.25) is 5.32 Å². The minimum atomic E-state index is -0.543. The van der Waals surface area contributed by atoms with E-state index in [1.165, 1.54) is 0 Å². The van der Waals surface area contributed by atoms with Gasteiger partial charge in [-0.1, -0.05) is 6.07 Å². The molecule has 0 atom stereocenters. The summed E-state index contributed by atoms with van der Waals surface area (Å²) in [6.45, 7) is 0.217. The van der Waals surface area contributed by atoms with Crippen LogP contribution in [0.25, 0.3) is 0 Å². The van der Waals surface area contributed by atoms with E-state index in [1.54, 1.807) is 24.4 Å². The summed E-state index contributed by atoms with van der Waals surface area (Å²) in [5, 5.41) is 2.46. The number of hydrogen-bond acceptors (Lipinski definition) is 3. The number of ether oxygens (including phenoxy) is 1. The minimum absolute atomic E-state index is 0.217. The zero-order valence-corrected chi connectivity index (χ0v) is 7.56. The number of aromatic nitrogens is 1. The third-order valence-corrected chi connectivity index (χ3v) is 1.37. The van der Waals surface area contributed by atoms with Gasteiger partial charge in [-0.25, -0.2) is 9.78 Å². The van der Waals surface area contributed by atoms with Gasteiger partial charge in [-0.05, 0) is 12.1 Å². The Morgan fingerprint density at radius 1 is 1.64 bits per heavy atom. The molecule has 1 amide bonds. The predicted molar refractivity (Wildman–Crippen MR) is 52.7 cm³/mol. The van der Waals surface area contributed by atoms with Crippen LogP contribution < -0.4 is 5.32 Å². The number of nitrogens with one attached hydrogen (secondary N) is 1. The number of carbonyl (C=O) groups is 1. The van der Waals surface area contributed by atoms with Crippen molar-refractivity contribution in [1.29, 1.82) is 0 Å². The van der Waals surface area contributed by atoms with Gasteiger partial charge in [0, 0.05) is 12.6 Å². The molecule has 4 nitrogen and oxygen atoms in total. The Balaban J connectivity index is 2.32. The second-order valence-electron chi connectivity index (χ2n) is 2.43. The average molecular weight is 190 g/mol. The third kappa shape index (κ3) is 3.59. The summed E-state index contributed by atoms with van der Waals surface area (Å²) in [5.74, 6) is 2.82. The molecule has 0 aromatic carbocycles. The molecule has 0 fully saturated rings. The smallest absolute Gasteiger partial charge is 0.412 e. The van der Waals surface area contributed by atoms with Crippen molar-refractivity contribution in [2.45, 2.75) is 6.42 Å². The van der Waals surface area contributed by atoms with Gasteiger partial charge in [0.25, 0.3) is 0 Å². The standard InChI is InChI=1S/C10H10N2O2/c1-2-3-8-14-10(13)12-9-6-4-5-7-11-9/h1,4-7H,3,8H2,(H,11,12,13). The van der Waals surface area contributed by atoms with Crippen molar-refractivity contribution in [1.82, 2.24) is 4.98 Å². The van der Waals surface area contributed by atoms with E-state index >= 15 is 0 Å². The molecule has 72 valence electrons. The van der Waals surface area contributed by atoms with Crippen LogP contribution in [0.5, 0.6) is 0 Å². The number of anilines is 1. The number of carbonyl (C=O) groups excluding carboxylic acids is 1. The summed E-state index contributed by atoms with van der Waals surface area (Å²) in [5.41, 5.74) is 0. The maximum atomic E-state index is 11.0. The fourth-order valence-corrected chi connectivity index (χ4v) is 0.780. The van der Waals surface area contributed by atoms with Crippen LogP contribution in [0.3, 0.4) is 0 Å². The lowest BCUT2D eigenvalue weighted by atomic mass is 10.5. The van der Waals surface area contributed by atoms with Crippen molar-refractivity contribution < 1.29 is 9.53 Å². The summed E-state index contributed by atoms with van der Waals surface area (Å²) in [7, 11) is 0. The number of pyridine rings is 1. The molecular weight excluding hydrogens is 180 g/mol. The highest BCUT2D eigenvalue weighted by Crippen LogP contribution is 2.00. The molecule has 0 unspecified atom stereocenters. The highest BCUT2D eigenvalue weighted by molar-refractivity contribution is 5.83. The maximum Gasteiger partial charge on any atom is 0.412 e. The summed E-state index contributed by atoms with van der Waals surface area (Å²) in [6, 6.07) is 5.20. The monoisotopic (exact) mass is 190 g/mol. The van der Waals surface area contributed by atoms with E-state index in [9.17, 15) is 4.79 Å². The molecule has 0 bridgehead atoms. The van der Waals surface area contributed by atoms with Crippen molar-refractivity contribution in [2.75, 3.05) is 11.9 Å². The van der Waals surface area contributed by atoms with E-state index in [0.29, 0.717) is 12.2 Å². The topological polar surface area (TPSA) is 51.2 Å². The van der Waals surface area contributed by atoms with Gasteiger partial charge >= 0.3 is 6.09 Å². The van der Waals surface area contributed by atoms with Gasteiger partial charge < -0.3 is 4.74 Å². The van der Waals surface area contributed by atoms with E-state index in [0.717, 1.165) is 0 Å². The fourth-order valence-electron chi connectivity index (χ4n) is 0.780. The lowest BCUT2D eigenvalue weighted by Gasteiger charge is -2.03. The first kappa shape index (κ1) is 10.1. The Bertz CT molecular complexity index is 330. The average Bonchev–Trinajstić information content (AvgIpc) is 2.20. The van der Waals surface area contributed by atoms with E-state index in [-0.39, 0.29) is 6.61 Å². The highest BCUT2D eigenvalue weighted by Gasteiger charge is 2.01. The van der Waals surface area contributed by atoms with Gasteiger partial charge in [0.1, 0.15) is 12.4 Å². The molecule has 1 aromatic rings. The normalized spacial score (nSPS) is 8.79. The van der Waals surface area contributed by atoms with Gasteiger partial charge in [-0.15, -0.1) is 12.3 Å². The molecule has 1 heterocycles. The van der Waals surface area contributed by atoms with Crippen LogP contribution in [0.15, 0.2) is 24.4 Å². The second kappa shape index (κ2) is 5.60. The summed E-state index contributed by atoms with van der Waals surface area (Å²) in [6.07, 6.45) is 6.44. The number of nitrogens with zero attached hydrogens (tertiary/aromatic N) is 1. The van der Waals surface area contributed by atoms with Crippen molar-refractivity contribution in [3.8, 4) is 12.3 Å². The number of rotatable bonds is 3. The highest BCUT2D eigenvalue weighted by atomic mass is 16.5. The molecule has 0 aliphatic rings. The molecule has 0 aliphatic carbocycles. The molecule has 0 saturated heterocycles. The Kier molecular flexibility index (Phi) is 4.02. The van der Waals surface area contributed by atoms with Crippen LogP contribution in [-0.2, 0) is 4.74 Å². The third-order valence-electron chi connectivity index (χ3n) is 1.37. The maximum absolute atomic E-state index is 11.0. The summed E-state index contributed by atoms with van der Waals surface area (Å²) < 4.78 is 4.75. The molecule has 0 saturated carbocycles. The zero-order valence-electron chi connectivity index (χ0n) is 7.56. The Morgan fingerprint density at radius 2 is 2.50 bits per heavy atom. The van der Waals surface area contributed by atoms with Crippen LogP contribution >= 0.6 is 0 Å². The van der Waals surface area contributed by atoms with E-state index in [4.69, 9.17) is 11.2 Å². The van der Waals surface area contributed by atoms with Crippen LogP contribution in [0.4, 0.5) is 10.6 Å². The number of amides is 1. The fraction of sp³-hybridized carbons (Fsp3) is 0.200. The quantitative estimate of drug-likeness (QED) is 0.582. The molecule has 1 rings (SSSR count). The SMILES string of the molecule is C#CCCOC(=O)Nc1ccccn1. The van der Waals surface area contributed by atoms with Crippen molar-refractivity contribution >= 4 is 11.9 Å². The van der Waals surface area contributed by atoms with E-state index < -0.39 is 6.09 Å². The Morgan fingerprint density at radius 3 is 3.14 bits per heavy atom. The van der Waals surface area contributed by atoms with Crippen LogP contribution in [0.2, 0.25) is 0 Å². The largest absolute Gasteiger partial charge is 0.448 e. The van der Waals surface area contributed by atoms with Crippen molar-refractivity contribution in [3.05, 3.63) is 24.4 Å².